The van der Waals surface area contributed by atoms with Gasteiger partial charge in [-0.25, -0.2) is 9.78 Å². The highest BCUT2D eigenvalue weighted by Crippen LogP contribution is 2.20. The number of aromatic nitrogens is 1. The lowest BCUT2D eigenvalue weighted by Gasteiger charge is -2.22. The van der Waals surface area contributed by atoms with Crippen molar-refractivity contribution in [2.45, 2.75) is 24.7 Å². The van der Waals surface area contributed by atoms with E-state index in [2.05, 4.69) is 15.6 Å². The van der Waals surface area contributed by atoms with Crippen LogP contribution in [0.25, 0.3) is 0 Å². The van der Waals surface area contributed by atoms with Crippen LogP contribution >= 0.6 is 23.7 Å². The predicted octanol–water partition coefficient (Wildman–Crippen LogP) is 2.07. The van der Waals surface area contributed by atoms with Crippen LogP contribution in [0.3, 0.4) is 0 Å². The van der Waals surface area contributed by atoms with Gasteiger partial charge in [-0.2, -0.15) is 0 Å². The number of amides is 1. The highest BCUT2D eigenvalue weighted by molar-refractivity contribution is 7.13. The van der Waals surface area contributed by atoms with Crippen LogP contribution in [-0.2, 0) is 11.2 Å². The Morgan fingerprint density at radius 2 is 2.20 bits per heavy atom. The Labute approximate surface area is 155 Å². The number of aliphatic hydroxyl groups is 1. The SMILES string of the molecule is COc1ccc(C[C@H]2NC[C@H](O)[C@H]2OC(=O)Nc2nccs2)cc1.Cl. The lowest BCUT2D eigenvalue weighted by atomic mass is 10.0. The van der Waals surface area contributed by atoms with Crippen molar-refractivity contribution >= 4 is 35.0 Å². The standard InChI is InChI=1S/C16H19N3O4S.ClH/c1-22-11-4-2-10(3-5-11)8-12-14(13(20)9-18-12)23-16(21)19-15-17-6-7-24-15;/h2-7,12-14,18,20H,8-9H2,1H3,(H,17,19,21);1H/t12-,13+,14+;/m1./s1. The number of nitrogens with one attached hydrogen (secondary N) is 2. The minimum absolute atomic E-state index is 0. The summed E-state index contributed by atoms with van der Waals surface area (Å²) in [6.07, 6.45) is 0.259. The maximum absolute atomic E-state index is 12.0. The van der Waals surface area contributed by atoms with Gasteiger partial charge in [-0.3, -0.25) is 5.32 Å². The van der Waals surface area contributed by atoms with Crippen LogP contribution in [0.1, 0.15) is 5.56 Å². The van der Waals surface area contributed by atoms with Crippen LogP contribution in [0.2, 0.25) is 0 Å². The van der Waals surface area contributed by atoms with Gasteiger partial charge < -0.3 is 19.9 Å². The first-order valence-electron chi connectivity index (χ1n) is 7.57. The second kappa shape index (κ2) is 9.00. The molecule has 2 heterocycles. The number of carbonyl (C=O) groups excluding carboxylic acids is 1. The Balaban J connectivity index is 0.00000225. The molecule has 3 N–H and O–H groups in total. The molecule has 1 saturated heterocycles. The Morgan fingerprint density at radius 1 is 1.44 bits per heavy atom. The molecule has 1 fully saturated rings. The molecule has 0 aliphatic carbocycles. The van der Waals surface area contributed by atoms with Gasteiger partial charge in [-0.1, -0.05) is 12.1 Å². The van der Waals surface area contributed by atoms with Crippen molar-refractivity contribution in [1.82, 2.24) is 10.3 Å². The van der Waals surface area contributed by atoms with Gasteiger partial charge in [-0.05, 0) is 24.1 Å². The number of thiazole rings is 1. The number of halogens is 1. The molecule has 1 amide bonds. The van der Waals surface area contributed by atoms with Crippen molar-refractivity contribution < 1.29 is 19.4 Å². The van der Waals surface area contributed by atoms with Crippen LogP contribution < -0.4 is 15.4 Å². The lowest BCUT2D eigenvalue weighted by Crippen LogP contribution is -2.39. The number of benzene rings is 1. The van der Waals surface area contributed by atoms with Crippen molar-refractivity contribution in [3.63, 3.8) is 0 Å². The molecular formula is C16H20ClN3O4S. The summed E-state index contributed by atoms with van der Waals surface area (Å²) in [7, 11) is 1.62. The number of ether oxygens (including phenoxy) is 2. The fraction of sp³-hybridized carbons (Fsp3) is 0.375. The number of hydrogen-bond acceptors (Lipinski definition) is 7. The van der Waals surface area contributed by atoms with E-state index in [1.54, 1.807) is 18.7 Å². The van der Waals surface area contributed by atoms with Gasteiger partial charge in [0.15, 0.2) is 5.13 Å². The van der Waals surface area contributed by atoms with E-state index >= 15 is 0 Å². The van der Waals surface area contributed by atoms with E-state index in [1.165, 1.54) is 11.3 Å². The van der Waals surface area contributed by atoms with E-state index < -0.39 is 18.3 Å². The summed E-state index contributed by atoms with van der Waals surface area (Å²) in [5, 5.41) is 18.1. The summed E-state index contributed by atoms with van der Waals surface area (Å²) >= 11 is 1.30. The van der Waals surface area contributed by atoms with E-state index in [4.69, 9.17) is 9.47 Å². The summed E-state index contributed by atoms with van der Waals surface area (Å²) in [5.41, 5.74) is 1.07. The molecule has 7 nitrogen and oxygen atoms in total. The zero-order valence-electron chi connectivity index (χ0n) is 13.5. The summed E-state index contributed by atoms with van der Waals surface area (Å²) in [6.45, 7) is 0.385. The minimum atomic E-state index is -0.740. The van der Waals surface area contributed by atoms with Crippen molar-refractivity contribution in [3.05, 3.63) is 41.4 Å². The maximum atomic E-state index is 12.0. The monoisotopic (exact) mass is 385 g/mol. The summed E-state index contributed by atoms with van der Waals surface area (Å²) in [6, 6.07) is 7.52. The Hall–Kier alpha value is -1.87. The van der Waals surface area contributed by atoms with Crippen LogP contribution in [-0.4, -0.2) is 48.1 Å². The average molecular weight is 386 g/mol. The minimum Gasteiger partial charge on any atom is -0.497 e. The first-order chi connectivity index (χ1) is 11.7. The third-order valence-electron chi connectivity index (χ3n) is 3.86. The topological polar surface area (TPSA) is 92.7 Å². The van der Waals surface area contributed by atoms with Crippen LogP contribution in [0.4, 0.5) is 9.93 Å². The number of carbonyl (C=O) groups is 1. The molecule has 3 rings (SSSR count). The molecule has 0 bridgehead atoms. The second-order valence-electron chi connectivity index (χ2n) is 5.47. The smallest absolute Gasteiger partial charge is 0.413 e. The van der Waals surface area contributed by atoms with Gasteiger partial charge in [0.25, 0.3) is 0 Å². The Morgan fingerprint density at radius 3 is 2.84 bits per heavy atom. The summed E-state index contributed by atoms with van der Waals surface area (Å²) in [4.78, 5) is 15.9. The third-order valence-corrected chi connectivity index (χ3v) is 4.55. The molecule has 0 unspecified atom stereocenters. The van der Waals surface area contributed by atoms with Gasteiger partial charge in [0.1, 0.15) is 18.0 Å². The fourth-order valence-corrected chi connectivity index (χ4v) is 3.18. The number of nitrogens with zero attached hydrogens (tertiary/aromatic N) is 1. The quantitative estimate of drug-likeness (QED) is 0.729. The van der Waals surface area contributed by atoms with Gasteiger partial charge in [-0.15, -0.1) is 23.7 Å². The van der Waals surface area contributed by atoms with Gasteiger partial charge in [0.2, 0.25) is 0 Å². The van der Waals surface area contributed by atoms with Crippen molar-refractivity contribution in [1.29, 1.82) is 0 Å². The van der Waals surface area contributed by atoms with E-state index in [-0.39, 0.29) is 18.4 Å². The summed E-state index contributed by atoms with van der Waals surface area (Å²) < 4.78 is 10.5. The molecule has 1 aliphatic heterocycles. The van der Waals surface area contributed by atoms with Gasteiger partial charge >= 0.3 is 6.09 Å². The highest BCUT2D eigenvalue weighted by Gasteiger charge is 2.37. The van der Waals surface area contributed by atoms with Gasteiger partial charge in [0.05, 0.1) is 13.2 Å². The Kier molecular flexibility index (Phi) is 7.01. The van der Waals surface area contributed by atoms with E-state index in [0.29, 0.717) is 18.1 Å². The number of anilines is 1. The van der Waals surface area contributed by atoms with E-state index in [9.17, 15) is 9.90 Å². The van der Waals surface area contributed by atoms with Crippen LogP contribution in [0, 0.1) is 0 Å². The highest BCUT2D eigenvalue weighted by atomic mass is 35.5. The molecule has 0 spiro atoms. The largest absolute Gasteiger partial charge is 0.497 e. The molecule has 0 radical (unpaired) electrons. The van der Waals surface area contributed by atoms with E-state index in [0.717, 1.165) is 11.3 Å². The molecule has 9 heteroatoms. The Bertz CT molecular complexity index is 669. The van der Waals surface area contributed by atoms with Crippen molar-refractivity contribution in [2.24, 2.45) is 0 Å². The molecule has 136 valence electrons. The molecule has 2 aromatic rings. The number of hydrogen-bond donors (Lipinski definition) is 3. The molecule has 1 aromatic heterocycles. The summed E-state index contributed by atoms with van der Waals surface area (Å²) in [5.74, 6) is 0.786. The fourth-order valence-electron chi connectivity index (χ4n) is 2.66. The number of β-amino-alcohol motifs (C(OH)–C–C–N with tert-alkyl or cyclic N) is 1. The molecule has 3 atom stereocenters. The molecular weight excluding hydrogens is 366 g/mol. The molecule has 25 heavy (non-hydrogen) atoms. The average Bonchev–Trinajstić information content (AvgIpc) is 3.20. The molecule has 1 aliphatic rings. The molecule has 0 saturated carbocycles. The predicted molar refractivity (Wildman–Crippen MR) is 97.7 cm³/mol. The lowest BCUT2D eigenvalue weighted by molar-refractivity contribution is 0.0255. The van der Waals surface area contributed by atoms with Crippen molar-refractivity contribution in [3.8, 4) is 5.75 Å². The third kappa shape index (κ3) is 5.05. The van der Waals surface area contributed by atoms with Crippen LogP contribution in [0.15, 0.2) is 35.8 Å². The molecule has 1 aromatic carbocycles. The second-order valence-corrected chi connectivity index (χ2v) is 6.36. The van der Waals surface area contributed by atoms with Gasteiger partial charge in [0, 0.05) is 18.1 Å². The number of rotatable bonds is 5. The normalized spacial score (nSPS) is 22.1. The van der Waals surface area contributed by atoms with Crippen molar-refractivity contribution in [2.75, 3.05) is 19.0 Å². The maximum Gasteiger partial charge on any atom is 0.413 e. The zero-order chi connectivity index (χ0) is 16.9. The first kappa shape index (κ1) is 19.5. The van der Waals surface area contributed by atoms with E-state index in [1.807, 2.05) is 24.3 Å². The zero-order valence-corrected chi connectivity index (χ0v) is 15.2. The van der Waals surface area contributed by atoms with Crippen LogP contribution in [0.5, 0.6) is 5.75 Å². The number of aliphatic hydroxyl groups excluding tert-OH is 1. The number of methoxy groups -OCH3 is 1. The first-order valence-corrected chi connectivity index (χ1v) is 8.45.